The molecule has 4 nitrogen and oxygen atoms in total. The topological polar surface area (TPSA) is 49.4 Å². The fraction of sp³-hybridized carbons (Fsp3) is 0.750. The molecule has 1 aliphatic rings. The zero-order valence-corrected chi connectivity index (χ0v) is 7.08. The van der Waals surface area contributed by atoms with E-state index in [4.69, 9.17) is 0 Å². The number of carbonyl (C=O) groups is 2. The van der Waals surface area contributed by atoms with Gasteiger partial charge < -0.3 is 15.0 Å². The second-order valence-corrected chi connectivity index (χ2v) is 2.84. The SMILES string of the molecule is O=CCCC(=O)N1CCNCC1. The summed E-state index contributed by atoms with van der Waals surface area (Å²) in [6, 6.07) is 0. The minimum atomic E-state index is 0.101. The van der Waals surface area contributed by atoms with Crippen LogP contribution in [0.25, 0.3) is 0 Å². The monoisotopic (exact) mass is 170 g/mol. The Hall–Kier alpha value is -0.900. The van der Waals surface area contributed by atoms with E-state index in [1.54, 1.807) is 4.90 Å². The summed E-state index contributed by atoms with van der Waals surface area (Å²) in [5.74, 6) is 0.101. The Balaban J connectivity index is 2.24. The zero-order valence-electron chi connectivity index (χ0n) is 7.08. The van der Waals surface area contributed by atoms with Crippen LogP contribution in [0.2, 0.25) is 0 Å². The first-order chi connectivity index (χ1) is 5.84. The van der Waals surface area contributed by atoms with E-state index in [9.17, 15) is 9.59 Å². The van der Waals surface area contributed by atoms with E-state index in [0.29, 0.717) is 12.8 Å². The van der Waals surface area contributed by atoms with Gasteiger partial charge in [-0.1, -0.05) is 0 Å². The van der Waals surface area contributed by atoms with Gasteiger partial charge in [0.25, 0.3) is 0 Å². The summed E-state index contributed by atoms with van der Waals surface area (Å²) in [7, 11) is 0. The van der Waals surface area contributed by atoms with Crippen molar-refractivity contribution in [3.63, 3.8) is 0 Å². The number of hydrogen-bond acceptors (Lipinski definition) is 3. The van der Waals surface area contributed by atoms with Crippen LogP contribution in [0.15, 0.2) is 0 Å². The molecule has 4 heteroatoms. The molecule has 0 radical (unpaired) electrons. The van der Waals surface area contributed by atoms with Crippen molar-refractivity contribution in [1.82, 2.24) is 10.2 Å². The molecule has 0 atom stereocenters. The fourth-order valence-electron chi connectivity index (χ4n) is 1.25. The van der Waals surface area contributed by atoms with E-state index < -0.39 is 0 Å². The van der Waals surface area contributed by atoms with E-state index in [1.807, 2.05) is 0 Å². The number of piperazine rings is 1. The first kappa shape index (κ1) is 9.19. The average molecular weight is 170 g/mol. The van der Waals surface area contributed by atoms with Crippen molar-refractivity contribution in [1.29, 1.82) is 0 Å². The molecule has 0 aliphatic carbocycles. The van der Waals surface area contributed by atoms with Crippen molar-refractivity contribution >= 4 is 12.2 Å². The van der Waals surface area contributed by atoms with Crippen LogP contribution in [0, 0.1) is 0 Å². The zero-order chi connectivity index (χ0) is 8.81. The lowest BCUT2D eigenvalue weighted by atomic mass is 10.2. The second-order valence-electron chi connectivity index (χ2n) is 2.84. The molecule has 1 rings (SSSR count). The van der Waals surface area contributed by atoms with Gasteiger partial charge in [-0.3, -0.25) is 4.79 Å². The lowest BCUT2D eigenvalue weighted by Crippen LogP contribution is -2.46. The molecule has 1 saturated heterocycles. The van der Waals surface area contributed by atoms with E-state index in [2.05, 4.69) is 5.32 Å². The predicted molar refractivity (Wildman–Crippen MR) is 44.7 cm³/mol. The highest BCUT2D eigenvalue weighted by Gasteiger charge is 2.14. The van der Waals surface area contributed by atoms with Gasteiger partial charge in [0, 0.05) is 39.0 Å². The third-order valence-corrected chi connectivity index (χ3v) is 1.95. The van der Waals surface area contributed by atoms with Crippen LogP contribution in [0.3, 0.4) is 0 Å². The van der Waals surface area contributed by atoms with Crippen molar-refractivity contribution in [2.75, 3.05) is 26.2 Å². The highest BCUT2D eigenvalue weighted by Crippen LogP contribution is 1.98. The first-order valence-electron chi connectivity index (χ1n) is 4.26. The Morgan fingerprint density at radius 2 is 2.08 bits per heavy atom. The summed E-state index contributed by atoms with van der Waals surface area (Å²) in [6.45, 7) is 3.29. The van der Waals surface area contributed by atoms with Crippen LogP contribution in [-0.2, 0) is 9.59 Å². The first-order valence-corrected chi connectivity index (χ1v) is 4.26. The number of nitrogens with zero attached hydrogens (tertiary/aromatic N) is 1. The summed E-state index contributed by atoms with van der Waals surface area (Å²) in [5.41, 5.74) is 0. The van der Waals surface area contributed by atoms with Gasteiger partial charge in [-0.05, 0) is 0 Å². The molecule has 1 aliphatic heterocycles. The summed E-state index contributed by atoms with van der Waals surface area (Å²) in [6.07, 6.45) is 1.51. The minimum Gasteiger partial charge on any atom is -0.340 e. The van der Waals surface area contributed by atoms with Crippen LogP contribution in [0.4, 0.5) is 0 Å². The number of amides is 1. The van der Waals surface area contributed by atoms with Crippen molar-refractivity contribution in [3.05, 3.63) is 0 Å². The maximum atomic E-state index is 11.3. The third kappa shape index (κ3) is 2.62. The number of carbonyl (C=O) groups excluding carboxylic acids is 2. The summed E-state index contributed by atoms with van der Waals surface area (Å²) in [4.78, 5) is 23.1. The van der Waals surface area contributed by atoms with Gasteiger partial charge in [0.15, 0.2) is 0 Å². The van der Waals surface area contributed by atoms with Gasteiger partial charge in [-0.25, -0.2) is 0 Å². The summed E-state index contributed by atoms with van der Waals surface area (Å²) >= 11 is 0. The van der Waals surface area contributed by atoms with Crippen LogP contribution in [0.5, 0.6) is 0 Å². The largest absolute Gasteiger partial charge is 0.340 e. The van der Waals surface area contributed by atoms with Gasteiger partial charge in [0.05, 0.1) is 0 Å². The van der Waals surface area contributed by atoms with Gasteiger partial charge >= 0.3 is 0 Å². The Kier molecular flexibility index (Phi) is 3.73. The van der Waals surface area contributed by atoms with Gasteiger partial charge in [0.2, 0.25) is 5.91 Å². The van der Waals surface area contributed by atoms with Crippen molar-refractivity contribution in [3.8, 4) is 0 Å². The Bertz CT molecular complexity index is 164. The second kappa shape index (κ2) is 4.87. The Labute approximate surface area is 71.9 Å². The van der Waals surface area contributed by atoms with E-state index in [1.165, 1.54) is 0 Å². The van der Waals surface area contributed by atoms with Crippen molar-refractivity contribution < 1.29 is 9.59 Å². The van der Waals surface area contributed by atoms with Gasteiger partial charge in [0.1, 0.15) is 6.29 Å². The summed E-state index contributed by atoms with van der Waals surface area (Å²) in [5, 5.41) is 3.16. The molecule has 0 spiro atoms. The van der Waals surface area contributed by atoms with Crippen LogP contribution in [0.1, 0.15) is 12.8 Å². The Morgan fingerprint density at radius 3 is 2.67 bits per heavy atom. The maximum Gasteiger partial charge on any atom is 0.223 e. The number of rotatable bonds is 3. The van der Waals surface area contributed by atoms with Crippen molar-refractivity contribution in [2.24, 2.45) is 0 Å². The standard InChI is InChI=1S/C8H14N2O2/c11-7-1-2-8(12)10-5-3-9-4-6-10/h7,9H,1-6H2. The highest BCUT2D eigenvalue weighted by atomic mass is 16.2. The van der Waals surface area contributed by atoms with E-state index in [0.717, 1.165) is 32.5 Å². The molecule has 0 aromatic heterocycles. The molecule has 1 heterocycles. The fourth-order valence-corrected chi connectivity index (χ4v) is 1.25. The third-order valence-electron chi connectivity index (χ3n) is 1.95. The summed E-state index contributed by atoms with van der Waals surface area (Å²) < 4.78 is 0. The molecule has 0 saturated carbocycles. The molecule has 1 amide bonds. The smallest absolute Gasteiger partial charge is 0.223 e. The molecule has 0 unspecified atom stereocenters. The van der Waals surface area contributed by atoms with Crippen LogP contribution >= 0.6 is 0 Å². The quantitative estimate of drug-likeness (QED) is 0.575. The lowest BCUT2D eigenvalue weighted by molar-refractivity contribution is -0.132. The Morgan fingerprint density at radius 1 is 1.42 bits per heavy atom. The van der Waals surface area contributed by atoms with Crippen molar-refractivity contribution in [2.45, 2.75) is 12.8 Å². The number of nitrogens with one attached hydrogen (secondary N) is 1. The number of aldehydes is 1. The molecule has 12 heavy (non-hydrogen) atoms. The number of hydrogen-bond donors (Lipinski definition) is 1. The molecular formula is C8H14N2O2. The molecule has 1 fully saturated rings. The van der Waals surface area contributed by atoms with Gasteiger partial charge in [-0.15, -0.1) is 0 Å². The van der Waals surface area contributed by atoms with Crippen LogP contribution in [-0.4, -0.2) is 43.3 Å². The molecule has 1 N–H and O–H groups in total. The minimum absolute atomic E-state index is 0.101. The predicted octanol–water partition coefficient (Wildman–Crippen LogP) is -0.603. The molecule has 0 aromatic carbocycles. The lowest BCUT2D eigenvalue weighted by Gasteiger charge is -2.27. The molecule has 0 bridgehead atoms. The van der Waals surface area contributed by atoms with E-state index >= 15 is 0 Å². The molecule has 0 aromatic rings. The highest BCUT2D eigenvalue weighted by molar-refractivity contribution is 5.78. The normalized spacial score (nSPS) is 17.5. The molecule has 68 valence electrons. The average Bonchev–Trinajstić information content (AvgIpc) is 2.15. The van der Waals surface area contributed by atoms with Crippen LogP contribution < -0.4 is 5.32 Å². The van der Waals surface area contributed by atoms with E-state index in [-0.39, 0.29) is 5.91 Å². The van der Waals surface area contributed by atoms with Gasteiger partial charge in [-0.2, -0.15) is 0 Å². The maximum absolute atomic E-state index is 11.3. The molecular weight excluding hydrogens is 156 g/mol.